The molecule has 0 saturated carbocycles. The number of hydrogen-bond donors (Lipinski definition) is 1. The van der Waals surface area contributed by atoms with Gasteiger partial charge in [-0.15, -0.1) is 0 Å². The van der Waals surface area contributed by atoms with E-state index in [9.17, 15) is 9.59 Å². The zero-order valence-electron chi connectivity index (χ0n) is 15.0. The second-order valence-corrected chi connectivity index (χ2v) is 7.21. The van der Waals surface area contributed by atoms with Crippen LogP contribution in [0.3, 0.4) is 0 Å². The van der Waals surface area contributed by atoms with Crippen LogP contribution in [-0.2, 0) is 16.1 Å². The van der Waals surface area contributed by atoms with Crippen molar-refractivity contribution in [3.8, 4) is 6.07 Å². The highest BCUT2D eigenvalue weighted by molar-refractivity contribution is 5.85. The third-order valence-electron chi connectivity index (χ3n) is 3.98. The van der Waals surface area contributed by atoms with Gasteiger partial charge < -0.3 is 10.1 Å². The Balaban J connectivity index is 1.97. The fourth-order valence-electron chi connectivity index (χ4n) is 2.75. The summed E-state index contributed by atoms with van der Waals surface area (Å²) in [5, 5.41) is 11.7. The summed E-state index contributed by atoms with van der Waals surface area (Å²) in [4.78, 5) is 26.5. The van der Waals surface area contributed by atoms with Crippen LogP contribution in [0, 0.1) is 11.3 Å². The minimum Gasteiger partial charge on any atom is -0.444 e. The monoisotopic (exact) mass is 343 g/mol. The SMILES string of the molecule is CC(C)(C)OC(=O)N1CCCCC1C(=O)NCc1ccc(C#N)cc1. The number of nitrogens with one attached hydrogen (secondary N) is 1. The Morgan fingerprint density at radius 1 is 1.28 bits per heavy atom. The van der Waals surface area contributed by atoms with Gasteiger partial charge in [0, 0.05) is 13.1 Å². The van der Waals surface area contributed by atoms with E-state index in [1.54, 1.807) is 12.1 Å². The van der Waals surface area contributed by atoms with Gasteiger partial charge in [-0.2, -0.15) is 5.26 Å². The van der Waals surface area contributed by atoms with E-state index in [-0.39, 0.29) is 5.91 Å². The van der Waals surface area contributed by atoms with Gasteiger partial charge in [0.1, 0.15) is 11.6 Å². The summed E-state index contributed by atoms with van der Waals surface area (Å²) >= 11 is 0. The Hall–Kier alpha value is -2.55. The summed E-state index contributed by atoms with van der Waals surface area (Å²) in [5.41, 5.74) is 0.906. The molecule has 25 heavy (non-hydrogen) atoms. The van der Waals surface area contributed by atoms with E-state index in [1.165, 1.54) is 4.90 Å². The topological polar surface area (TPSA) is 82.4 Å². The van der Waals surface area contributed by atoms with Crippen LogP contribution in [-0.4, -0.2) is 35.1 Å². The number of carbonyl (C=O) groups is 2. The lowest BCUT2D eigenvalue weighted by Gasteiger charge is -2.35. The smallest absolute Gasteiger partial charge is 0.410 e. The predicted octanol–water partition coefficient (Wildman–Crippen LogP) is 2.96. The summed E-state index contributed by atoms with van der Waals surface area (Å²) in [5.74, 6) is -0.171. The molecule has 0 radical (unpaired) electrons. The van der Waals surface area contributed by atoms with E-state index in [0.29, 0.717) is 25.1 Å². The van der Waals surface area contributed by atoms with Gasteiger partial charge in [-0.05, 0) is 57.7 Å². The van der Waals surface area contributed by atoms with Crippen LogP contribution < -0.4 is 5.32 Å². The predicted molar refractivity (Wildman–Crippen MR) is 93.6 cm³/mol. The molecule has 0 bridgehead atoms. The van der Waals surface area contributed by atoms with E-state index in [4.69, 9.17) is 10.00 Å². The van der Waals surface area contributed by atoms with Gasteiger partial charge in [-0.25, -0.2) is 4.79 Å². The number of hydrogen-bond acceptors (Lipinski definition) is 4. The summed E-state index contributed by atoms with van der Waals surface area (Å²) < 4.78 is 5.42. The molecule has 2 amide bonds. The molecule has 0 spiro atoms. The first-order valence-electron chi connectivity index (χ1n) is 8.56. The van der Waals surface area contributed by atoms with Crippen LogP contribution in [0.25, 0.3) is 0 Å². The van der Waals surface area contributed by atoms with Crippen LogP contribution in [0.2, 0.25) is 0 Å². The second-order valence-electron chi connectivity index (χ2n) is 7.21. The molecule has 2 rings (SSSR count). The van der Waals surface area contributed by atoms with Gasteiger partial charge in [-0.3, -0.25) is 9.69 Å². The maximum absolute atomic E-state index is 12.6. The number of ether oxygens (including phenoxy) is 1. The number of carbonyl (C=O) groups excluding carboxylic acids is 2. The van der Waals surface area contributed by atoms with Crippen molar-refractivity contribution in [2.24, 2.45) is 0 Å². The molecule has 1 aliphatic heterocycles. The Morgan fingerprint density at radius 3 is 2.56 bits per heavy atom. The highest BCUT2D eigenvalue weighted by Crippen LogP contribution is 2.20. The molecule has 6 nitrogen and oxygen atoms in total. The molecule has 1 unspecified atom stereocenters. The van der Waals surface area contributed by atoms with Crippen molar-refractivity contribution in [1.82, 2.24) is 10.2 Å². The summed E-state index contributed by atoms with van der Waals surface area (Å²) in [6.07, 6.45) is 1.98. The average molecular weight is 343 g/mol. The Labute approximate surface area is 148 Å². The molecular weight excluding hydrogens is 318 g/mol. The first-order chi connectivity index (χ1) is 11.8. The molecule has 134 valence electrons. The Morgan fingerprint density at radius 2 is 1.96 bits per heavy atom. The number of piperidine rings is 1. The molecule has 1 fully saturated rings. The van der Waals surface area contributed by atoms with Gasteiger partial charge in [0.05, 0.1) is 11.6 Å². The zero-order chi connectivity index (χ0) is 18.4. The lowest BCUT2D eigenvalue weighted by molar-refractivity contribution is -0.127. The first kappa shape index (κ1) is 18.8. The quantitative estimate of drug-likeness (QED) is 0.915. The van der Waals surface area contributed by atoms with E-state index in [1.807, 2.05) is 32.9 Å². The largest absolute Gasteiger partial charge is 0.444 e. The normalized spacial score (nSPS) is 17.5. The molecule has 6 heteroatoms. The van der Waals surface area contributed by atoms with Gasteiger partial charge in [0.15, 0.2) is 0 Å². The van der Waals surface area contributed by atoms with Crippen molar-refractivity contribution >= 4 is 12.0 Å². The zero-order valence-corrected chi connectivity index (χ0v) is 15.0. The van der Waals surface area contributed by atoms with Crippen molar-refractivity contribution in [1.29, 1.82) is 5.26 Å². The molecule has 1 aromatic carbocycles. The second kappa shape index (κ2) is 8.02. The number of amides is 2. The number of nitriles is 1. The molecule has 1 saturated heterocycles. The number of benzene rings is 1. The summed E-state index contributed by atoms with van der Waals surface area (Å²) in [7, 11) is 0. The van der Waals surface area contributed by atoms with Crippen molar-refractivity contribution < 1.29 is 14.3 Å². The standard InChI is InChI=1S/C19H25N3O3/c1-19(2,3)25-18(24)22-11-5-4-6-16(22)17(23)21-13-15-9-7-14(12-20)8-10-15/h7-10,16H,4-6,11,13H2,1-3H3,(H,21,23). The average Bonchev–Trinajstić information content (AvgIpc) is 2.58. The molecule has 1 aliphatic rings. The first-order valence-corrected chi connectivity index (χ1v) is 8.56. The number of nitrogens with zero attached hydrogens (tertiary/aromatic N) is 2. The Bertz CT molecular complexity index is 656. The molecule has 1 aromatic rings. The van der Waals surface area contributed by atoms with Crippen molar-refractivity contribution in [2.45, 2.75) is 58.2 Å². The van der Waals surface area contributed by atoms with Gasteiger partial charge >= 0.3 is 6.09 Å². The van der Waals surface area contributed by atoms with E-state index < -0.39 is 17.7 Å². The third kappa shape index (κ3) is 5.49. The Kier molecular flexibility index (Phi) is 6.02. The van der Waals surface area contributed by atoms with Crippen molar-refractivity contribution in [3.05, 3.63) is 35.4 Å². The van der Waals surface area contributed by atoms with E-state index >= 15 is 0 Å². The molecule has 1 heterocycles. The van der Waals surface area contributed by atoms with Crippen LogP contribution in [0.1, 0.15) is 51.2 Å². The summed E-state index contributed by atoms with van der Waals surface area (Å²) in [6.45, 7) is 6.34. The molecule has 0 aromatic heterocycles. The lowest BCUT2D eigenvalue weighted by atomic mass is 10.0. The minimum atomic E-state index is -0.585. The van der Waals surface area contributed by atoms with Crippen molar-refractivity contribution in [2.75, 3.05) is 6.54 Å². The van der Waals surface area contributed by atoms with Gasteiger partial charge in [0.25, 0.3) is 0 Å². The van der Waals surface area contributed by atoms with Crippen LogP contribution in [0.4, 0.5) is 4.79 Å². The highest BCUT2D eigenvalue weighted by atomic mass is 16.6. The maximum Gasteiger partial charge on any atom is 0.410 e. The fraction of sp³-hybridized carbons (Fsp3) is 0.526. The number of rotatable bonds is 3. The molecular formula is C19H25N3O3. The van der Waals surface area contributed by atoms with E-state index in [0.717, 1.165) is 18.4 Å². The van der Waals surface area contributed by atoms with Gasteiger partial charge in [0.2, 0.25) is 5.91 Å². The lowest BCUT2D eigenvalue weighted by Crippen LogP contribution is -2.52. The van der Waals surface area contributed by atoms with Gasteiger partial charge in [-0.1, -0.05) is 12.1 Å². The fourth-order valence-corrected chi connectivity index (χ4v) is 2.75. The molecule has 0 aliphatic carbocycles. The van der Waals surface area contributed by atoms with Crippen LogP contribution in [0.5, 0.6) is 0 Å². The maximum atomic E-state index is 12.6. The molecule has 1 N–H and O–H groups in total. The minimum absolute atomic E-state index is 0.171. The number of likely N-dealkylation sites (tertiary alicyclic amines) is 1. The molecule has 1 atom stereocenters. The van der Waals surface area contributed by atoms with Crippen LogP contribution >= 0.6 is 0 Å². The highest BCUT2D eigenvalue weighted by Gasteiger charge is 2.34. The third-order valence-corrected chi connectivity index (χ3v) is 3.98. The summed E-state index contributed by atoms with van der Waals surface area (Å²) in [6, 6.07) is 8.62. The van der Waals surface area contributed by atoms with E-state index in [2.05, 4.69) is 11.4 Å². The van der Waals surface area contributed by atoms with Crippen LogP contribution in [0.15, 0.2) is 24.3 Å². The van der Waals surface area contributed by atoms with Crippen molar-refractivity contribution in [3.63, 3.8) is 0 Å².